The fraction of sp³-hybridized carbons (Fsp3) is 0.263. The van der Waals surface area contributed by atoms with E-state index in [0.29, 0.717) is 17.1 Å². The zero-order valence-corrected chi connectivity index (χ0v) is 15.2. The molecular formula is C19H22N2O3S. The topological polar surface area (TPSA) is 67.4 Å². The van der Waals surface area contributed by atoms with Gasteiger partial charge in [0, 0.05) is 24.2 Å². The van der Waals surface area contributed by atoms with E-state index in [1.807, 2.05) is 6.07 Å². The highest BCUT2D eigenvalue weighted by Crippen LogP contribution is 2.17. The summed E-state index contributed by atoms with van der Waals surface area (Å²) >= 11 is 1.57. The monoisotopic (exact) mass is 358 g/mol. The molecule has 0 fully saturated rings. The standard InChI is InChI=1S/C19H22N2O3S/c1-14-5-3-6-15(9-14)12-25-13-19(23)21-17-8-4-7-16(10-17)20-18(22)11-24-2/h3-10H,11-13H2,1-2H3,(H,20,22)(H,21,23). The molecule has 2 N–H and O–H groups in total. The molecule has 0 unspecified atom stereocenters. The summed E-state index contributed by atoms with van der Waals surface area (Å²) in [6.45, 7) is 2.05. The van der Waals surface area contributed by atoms with Crippen LogP contribution in [0.1, 0.15) is 11.1 Å². The van der Waals surface area contributed by atoms with E-state index in [2.05, 4.69) is 35.8 Å². The summed E-state index contributed by atoms with van der Waals surface area (Å²) < 4.78 is 4.77. The van der Waals surface area contributed by atoms with Crippen LogP contribution in [0.2, 0.25) is 0 Å². The van der Waals surface area contributed by atoms with Gasteiger partial charge in [-0.2, -0.15) is 0 Å². The van der Waals surface area contributed by atoms with Crippen molar-refractivity contribution in [3.63, 3.8) is 0 Å². The molecule has 0 aliphatic heterocycles. The quantitative estimate of drug-likeness (QED) is 0.758. The molecule has 0 aromatic heterocycles. The molecule has 25 heavy (non-hydrogen) atoms. The largest absolute Gasteiger partial charge is 0.375 e. The smallest absolute Gasteiger partial charge is 0.250 e. The van der Waals surface area contributed by atoms with Crippen molar-refractivity contribution in [1.29, 1.82) is 0 Å². The summed E-state index contributed by atoms with van der Waals surface area (Å²) in [4.78, 5) is 23.6. The summed E-state index contributed by atoms with van der Waals surface area (Å²) in [5, 5.41) is 5.55. The highest BCUT2D eigenvalue weighted by atomic mass is 32.2. The minimum absolute atomic E-state index is 0.00775. The first-order valence-electron chi connectivity index (χ1n) is 7.89. The number of methoxy groups -OCH3 is 1. The molecule has 2 aromatic carbocycles. The Bertz CT molecular complexity index is 734. The minimum Gasteiger partial charge on any atom is -0.375 e. The zero-order chi connectivity index (χ0) is 18.1. The van der Waals surface area contributed by atoms with Gasteiger partial charge in [-0.05, 0) is 30.7 Å². The molecule has 132 valence electrons. The lowest BCUT2D eigenvalue weighted by molar-refractivity contribution is -0.119. The van der Waals surface area contributed by atoms with E-state index in [-0.39, 0.29) is 18.4 Å². The van der Waals surface area contributed by atoms with Crippen molar-refractivity contribution in [1.82, 2.24) is 0 Å². The fourth-order valence-corrected chi connectivity index (χ4v) is 3.04. The number of aryl methyl sites for hydroxylation is 1. The number of rotatable bonds is 8. The molecule has 2 amide bonds. The van der Waals surface area contributed by atoms with E-state index in [4.69, 9.17) is 4.74 Å². The van der Waals surface area contributed by atoms with Gasteiger partial charge in [-0.1, -0.05) is 35.9 Å². The SMILES string of the molecule is COCC(=O)Nc1cccc(NC(=O)CSCc2cccc(C)c2)c1. The third kappa shape index (κ3) is 6.99. The van der Waals surface area contributed by atoms with Crippen LogP contribution in [0.3, 0.4) is 0 Å². The second kappa shape index (κ2) is 9.86. The number of thioether (sulfide) groups is 1. The van der Waals surface area contributed by atoms with Gasteiger partial charge in [0.1, 0.15) is 6.61 Å². The van der Waals surface area contributed by atoms with Crippen LogP contribution in [0.25, 0.3) is 0 Å². The Labute approximate surface area is 152 Å². The van der Waals surface area contributed by atoms with Crippen LogP contribution in [-0.2, 0) is 20.1 Å². The Kier molecular flexibility index (Phi) is 7.50. The number of ether oxygens (including phenoxy) is 1. The lowest BCUT2D eigenvalue weighted by Crippen LogP contribution is -2.18. The van der Waals surface area contributed by atoms with Gasteiger partial charge in [-0.15, -0.1) is 11.8 Å². The number of carbonyl (C=O) groups excluding carboxylic acids is 2. The van der Waals surface area contributed by atoms with Gasteiger partial charge in [-0.25, -0.2) is 0 Å². The third-order valence-electron chi connectivity index (χ3n) is 3.29. The van der Waals surface area contributed by atoms with Gasteiger partial charge >= 0.3 is 0 Å². The molecule has 0 saturated heterocycles. The predicted molar refractivity (Wildman–Crippen MR) is 103 cm³/mol. The molecule has 0 atom stereocenters. The highest BCUT2D eigenvalue weighted by Gasteiger charge is 2.06. The first-order chi connectivity index (χ1) is 12.1. The van der Waals surface area contributed by atoms with Crippen molar-refractivity contribution >= 4 is 35.0 Å². The molecule has 2 aromatic rings. The van der Waals surface area contributed by atoms with Gasteiger partial charge in [0.25, 0.3) is 0 Å². The Hall–Kier alpha value is -2.31. The van der Waals surface area contributed by atoms with Gasteiger partial charge in [0.15, 0.2) is 0 Å². The maximum absolute atomic E-state index is 12.1. The van der Waals surface area contributed by atoms with E-state index < -0.39 is 0 Å². The second-order valence-corrected chi connectivity index (χ2v) is 6.58. The van der Waals surface area contributed by atoms with E-state index in [9.17, 15) is 9.59 Å². The minimum atomic E-state index is -0.236. The number of hydrogen-bond donors (Lipinski definition) is 2. The molecule has 0 aliphatic rings. The van der Waals surface area contributed by atoms with Crippen molar-refractivity contribution in [3.05, 3.63) is 59.7 Å². The normalized spacial score (nSPS) is 10.3. The number of hydrogen-bond acceptors (Lipinski definition) is 4. The average Bonchev–Trinajstić information content (AvgIpc) is 2.55. The lowest BCUT2D eigenvalue weighted by atomic mass is 10.2. The molecule has 5 nitrogen and oxygen atoms in total. The number of benzene rings is 2. The zero-order valence-electron chi connectivity index (χ0n) is 14.4. The highest BCUT2D eigenvalue weighted by molar-refractivity contribution is 7.99. The predicted octanol–water partition coefficient (Wildman–Crippen LogP) is 3.45. The van der Waals surface area contributed by atoms with Gasteiger partial charge in [0.2, 0.25) is 11.8 Å². The first kappa shape index (κ1) is 19.0. The molecule has 6 heteroatoms. The van der Waals surface area contributed by atoms with Crippen molar-refractivity contribution in [3.8, 4) is 0 Å². The molecule has 0 bridgehead atoms. The van der Waals surface area contributed by atoms with Crippen molar-refractivity contribution in [2.75, 3.05) is 30.1 Å². The van der Waals surface area contributed by atoms with Crippen LogP contribution in [0.4, 0.5) is 11.4 Å². The maximum Gasteiger partial charge on any atom is 0.250 e. The van der Waals surface area contributed by atoms with Crippen LogP contribution in [0.5, 0.6) is 0 Å². The molecule has 0 aliphatic carbocycles. The van der Waals surface area contributed by atoms with Crippen LogP contribution in [0.15, 0.2) is 48.5 Å². The van der Waals surface area contributed by atoms with E-state index in [1.165, 1.54) is 18.2 Å². The van der Waals surface area contributed by atoms with Crippen molar-refractivity contribution in [2.24, 2.45) is 0 Å². The van der Waals surface area contributed by atoms with Crippen LogP contribution in [0, 0.1) is 6.92 Å². The number of nitrogens with one attached hydrogen (secondary N) is 2. The van der Waals surface area contributed by atoms with E-state index in [1.54, 1.807) is 36.0 Å². The lowest BCUT2D eigenvalue weighted by Gasteiger charge is -2.09. The van der Waals surface area contributed by atoms with Gasteiger partial charge in [-0.3, -0.25) is 9.59 Å². The molecule has 0 heterocycles. The molecule has 2 rings (SSSR count). The third-order valence-corrected chi connectivity index (χ3v) is 4.29. The summed E-state index contributed by atoms with van der Waals surface area (Å²) in [6.07, 6.45) is 0. The average molecular weight is 358 g/mol. The van der Waals surface area contributed by atoms with Crippen LogP contribution < -0.4 is 10.6 Å². The van der Waals surface area contributed by atoms with Crippen molar-refractivity contribution < 1.29 is 14.3 Å². The number of carbonyl (C=O) groups is 2. The summed E-state index contributed by atoms with van der Waals surface area (Å²) in [5.74, 6) is 0.855. The Morgan fingerprint density at radius 3 is 2.36 bits per heavy atom. The van der Waals surface area contributed by atoms with Crippen LogP contribution in [-0.4, -0.2) is 31.3 Å². The molecule has 0 radical (unpaired) electrons. The van der Waals surface area contributed by atoms with Crippen LogP contribution >= 0.6 is 11.8 Å². The fourth-order valence-electron chi connectivity index (χ4n) is 2.26. The summed E-state index contributed by atoms with van der Waals surface area (Å²) in [6, 6.07) is 15.3. The molecule has 0 spiro atoms. The Balaban J connectivity index is 1.80. The Morgan fingerprint density at radius 1 is 1.00 bits per heavy atom. The Morgan fingerprint density at radius 2 is 1.68 bits per heavy atom. The number of amides is 2. The first-order valence-corrected chi connectivity index (χ1v) is 9.04. The molecular weight excluding hydrogens is 336 g/mol. The van der Waals surface area contributed by atoms with Crippen molar-refractivity contribution in [2.45, 2.75) is 12.7 Å². The maximum atomic E-state index is 12.1. The summed E-state index contributed by atoms with van der Waals surface area (Å²) in [7, 11) is 1.46. The van der Waals surface area contributed by atoms with E-state index >= 15 is 0 Å². The van der Waals surface area contributed by atoms with Gasteiger partial charge < -0.3 is 15.4 Å². The number of anilines is 2. The van der Waals surface area contributed by atoms with E-state index in [0.717, 1.165) is 5.75 Å². The second-order valence-electron chi connectivity index (χ2n) is 5.59. The molecule has 0 saturated carbocycles. The summed E-state index contributed by atoms with van der Waals surface area (Å²) in [5.41, 5.74) is 3.69. The van der Waals surface area contributed by atoms with Gasteiger partial charge in [0.05, 0.1) is 5.75 Å².